The molecule has 0 aliphatic rings. The second-order valence-corrected chi connectivity index (χ2v) is 5.19. The molecule has 0 aliphatic heterocycles. The molecule has 1 aromatic heterocycles. The van der Waals surface area contributed by atoms with Crippen LogP contribution in [0.4, 0.5) is 0 Å². The number of unbranched alkanes of at least 4 members (excludes halogenated alkanes) is 1. The van der Waals surface area contributed by atoms with E-state index in [9.17, 15) is 9.90 Å². The predicted octanol–water partition coefficient (Wildman–Crippen LogP) is 3.67. The third-order valence-electron chi connectivity index (χ3n) is 3.23. The Labute approximate surface area is 119 Å². The Bertz CT molecular complexity index is 609. The van der Waals surface area contributed by atoms with Crippen molar-refractivity contribution in [2.75, 3.05) is 0 Å². The molecule has 20 heavy (non-hydrogen) atoms. The fraction of sp³-hybridized carbons (Fsp3) is 0.375. The van der Waals surface area contributed by atoms with E-state index in [0.717, 1.165) is 36.1 Å². The number of nitrogens with zero attached hydrogens (tertiary/aromatic N) is 2. The first-order valence-corrected chi connectivity index (χ1v) is 6.90. The molecule has 4 nitrogen and oxygen atoms in total. The van der Waals surface area contributed by atoms with Crippen LogP contribution < -0.4 is 0 Å². The van der Waals surface area contributed by atoms with Crippen LogP contribution in [0.3, 0.4) is 0 Å². The molecule has 1 N–H and O–H groups in total. The van der Waals surface area contributed by atoms with Gasteiger partial charge in [0.15, 0.2) is 0 Å². The molecule has 0 spiro atoms. The summed E-state index contributed by atoms with van der Waals surface area (Å²) in [6.45, 7) is 6.87. The monoisotopic (exact) mass is 272 g/mol. The Morgan fingerprint density at radius 1 is 1.25 bits per heavy atom. The SMILES string of the molecule is CCCCn1cc(C(=O)O)c(-c2cc(C)cc(C)c2)n1. The summed E-state index contributed by atoms with van der Waals surface area (Å²) in [5.74, 6) is -0.929. The van der Waals surface area contributed by atoms with Gasteiger partial charge in [-0.1, -0.05) is 30.5 Å². The fourth-order valence-corrected chi connectivity index (χ4v) is 2.34. The zero-order valence-corrected chi connectivity index (χ0v) is 12.2. The van der Waals surface area contributed by atoms with Crippen LogP contribution in [-0.2, 0) is 6.54 Å². The Balaban J connectivity index is 2.48. The zero-order valence-electron chi connectivity index (χ0n) is 12.2. The maximum absolute atomic E-state index is 11.4. The number of hydrogen-bond acceptors (Lipinski definition) is 2. The van der Waals surface area contributed by atoms with Gasteiger partial charge in [-0.05, 0) is 32.4 Å². The van der Waals surface area contributed by atoms with Crippen LogP contribution in [0.15, 0.2) is 24.4 Å². The van der Waals surface area contributed by atoms with Crippen molar-refractivity contribution >= 4 is 5.97 Å². The molecule has 1 heterocycles. The highest BCUT2D eigenvalue weighted by Crippen LogP contribution is 2.24. The number of carboxylic acid groups (broad SMARTS) is 1. The van der Waals surface area contributed by atoms with E-state index in [1.807, 2.05) is 26.0 Å². The number of aryl methyl sites for hydroxylation is 3. The van der Waals surface area contributed by atoms with Gasteiger partial charge >= 0.3 is 5.97 Å². The molecule has 4 heteroatoms. The number of rotatable bonds is 5. The van der Waals surface area contributed by atoms with Gasteiger partial charge < -0.3 is 5.11 Å². The summed E-state index contributed by atoms with van der Waals surface area (Å²) in [4.78, 5) is 11.4. The maximum Gasteiger partial charge on any atom is 0.339 e. The van der Waals surface area contributed by atoms with Crippen molar-refractivity contribution in [2.24, 2.45) is 0 Å². The van der Waals surface area contributed by atoms with Crippen LogP contribution in [0.1, 0.15) is 41.3 Å². The summed E-state index contributed by atoms with van der Waals surface area (Å²) in [6, 6.07) is 6.02. The number of carboxylic acids is 1. The second-order valence-electron chi connectivity index (χ2n) is 5.19. The first-order chi connectivity index (χ1) is 9.51. The number of carbonyl (C=O) groups is 1. The van der Waals surface area contributed by atoms with Crippen molar-refractivity contribution in [3.63, 3.8) is 0 Å². The Morgan fingerprint density at radius 2 is 1.90 bits per heavy atom. The van der Waals surface area contributed by atoms with Gasteiger partial charge in [0.05, 0.1) is 0 Å². The molecule has 0 saturated heterocycles. The minimum atomic E-state index is -0.929. The Morgan fingerprint density at radius 3 is 2.45 bits per heavy atom. The first-order valence-electron chi connectivity index (χ1n) is 6.90. The van der Waals surface area contributed by atoms with E-state index >= 15 is 0 Å². The van der Waals surface area contributed by atoms with Crippen LogP contribution >= 0.6 is 0 Å². The molecule has 0 saturated carbocycles. The highest BCUT2D eigenvalue weighted by atomic mass is 16.4. The van der Waals surface area contributed by atoms with Crippen molar-refractivity contribution in [1.82, 2.24) is 9.78 Å². The lowest BCUT2D eigenvalue weighted by Gasteiger charge is -2.03. The standard InChI is InChI=1S/C16H20N2O2/c1-4-5-6-18-10-14(16(19)20)15(17-18)13-8-11(2)7-12(3)9-13/h7-10H,4-6H2,1-3H3,(H,19,20). The molecule has 0 amide bonds. The lowest BCUT2D eigenvalue weighted by atomic mass is 10.0. The normalized spacial score (nSPS) is 10.8. The van der Waals surface area contributed by atoms with Crippen LogP contribution in [-0.4, -0.2) is 20.9 Å². The van der Waals surface area contributed by atoms with Gasteiger partial charge in [-0.15, -0.1) is 0 Å². The van der Waals surface area contributed by atoms with Crippen LogP contribution in [0.5, 0.6) is 0 Å². The molecule has 1 aromatic carbocycles. The summed E-state index contributed by atoms with van der Waals surface area (Å²) < 4.78 is 1.74. The summed E-state index contributed by atoms with van der Waals surface area (Å²) in [6.07, 6.45) is 3.68. The fourth-order valence-electron chi connectivity index (χ4n) is 2.34. The molecule has 0 aliphatic carbocycles. The Hall–Kier alpha value is -2.10. The largest absolute Gasteiger partial charge is 0.478 e. The molecular weight excluding hydrogens is 252 g/mol. The first kappa shape index (κ1) is 14.3. The zero-order chi connectivity index (χ0) is 14.7. The van der Waals surface area contributed by atoms with E-state index in [1.54, 1.807) is 10.9 Å². The highest BCUT2D eigenvalue weighted by Gasteiger charge is 2.17. The lowest BCUT2D eigenvalue weighted by molar-refractivity contribution is 0.0697. The lowest BCUT2D eigenvalue weighted by Crippen LogP contribution is -1.98. The molecular formula is C16H20N2O2. The third kappa shape index (κ3) is 3.07. The minimum absolute atomic E-state index is 0.270. The van der Waals surface area contributed by atoms with Crippen molar-refractivity contribution in [1.29, 1.82) is 0 Å². The molecule has 2 rings (SSSR count). The highest BCUT2D eigenvalue weighted by molar-refractivity contribution is 5.94. The molecule has 0 fully saturated rings. The van der Waals surface area contributed by atoms with Crippen LogP contribution in [0.25, 0.3) is 11.3 Å². The quantitative estimate of drug-likeness (QED) is 0.903. The average Bonchev–Trinajstić information content (AvgIpc) is 2.79. The molecule has 0 bridgehead atoms. The van der Waals surface area contributed by atoms with Gasteiger partial charge in [-0.3, -0.25) is 4.68 Å². The van der Waals surface area contributed by atoms with Gasteiger partial charge in [0.2, 0.25) is 0 Å². The van der Waals surface area contributed by atoms with Crippen LogP contribution in [0, 0.1) is 13.8 Å². The van der Waals surface area contributed by atoms with Crippen LogP contribution in [0.2, 0.25) is 0 Å². The Kier molecular flexibility index (Phi) is 4.23. The van der Waals surface area contributed by atoms with Gasteiger partial charge in [-0.2, -0.15) is 5.10 Å². The molecule has 106 valence electrons. The van der Waals surface area contributed by atoms with E-state index in [-0.39, 0.29) is 5.56 Å². The summed E-state index contributed by atoms with van der Waals surface area (Å²) in [7, 11) is 0. The number of hydrogen-bond donors (Lipinski definition) is 1. The van der Waals surface area contributed by atoms with Crippen molar-refractivity contribution in [3.05, 3.63) is 41.1 Å². The smallest absolute Gasteiger partial charge is 0.339 e. The number of benzene rings is 1. The molecule has 2 aromatic rings. The number of aromatic nitrogens is 2. The minimum Gasteiger partial charge on any atom is -0.478 e. The molecule has 0 unspecified atom stereocenters. The van der Waals surface area contributed by atoms with Gasteiger partial charge in [0, 0.05) is 18.3 Å². The topological polar surface area (TPSA) is 55.1 Å². The molecule has 0 radical (unpaired) electrons. The van der Waals surface area contributed by atoms with E-state index in [0.29, 0.717) is 5.69 Å². The number of aromatic carboxylic acids is 1. The van der Waals surface area contributed by atoms with E-state index in [1.165, 1.54) is 0 Å². The van der Waals surface area contributed by atoms with Crippen molar-refractivity contribution < 1.29 is 9.90 Å². The van der Waals surface area contributed by atoms with Gasteiger partial charge in [0.1, 0.15) is 11.3 Å². The summed E-state index contributed by atoms with van der Waals surface area (Å²) in [5, 5.41) is 13.8. The van der Waals surface area contributed by atoms with Gasteiger partial charge in [0.25, 0.3) is 0 Å². The maximum atomic E-state index is 11.4. The van der Waals surface area contributed by atoms with E-state index in [4.69, 9.17) is 0 Å². The average molecular weight is 272 g/mol. The van der Waals surface area contributed by atoms with Gasteiger partial charge in [-0.25, -0.2) is 4.79 Å². The van der Waals surface area contributed by atoms with Crippen molar-refractivity contribution in [3.8, 4) is 11.3 Å². The predicted molar refractivity (Wildman–Crippen MR) is 79.0 cm³/mol. The summed E-state index contributed by atoms with van der Waals surface area (Å²) >= 11 is 0. The van der Waals surface area contributed by atoms with Crippen molar-refractivity contribution in [2.45, 2.75) is 40.2 Å². The van der Waals surface area contributed by atoms with E-state index < -0.39 is 5.97 Å². The summed E-state index contributed by atoms with van der Waals surface area (Å²) in [5.41, 5.74) is 3.92. The second kappa shape index (κ2) is 5.90. The molecule has 0 atom stereocenters. The third-order valence-corrected chi connectivity index (χ3v) is 3.23. The van der Waals surface area contributed by atoms with E-state index in [2.05, 4.69) is 18.1 Å².